The lowest BCUT2D eigenvalue weighted by Crippen LogP contribution is -2.39. The maximum absolute atomic E-state index is 11.4. The molecule has 1 unspecified atom stereocenters. The summed E-state index contributed by atoms with van der Waals surface area (Å²) in [4.78, 5) is 11.4. The summed E-state index contributed by atoms with van der Waals surface area (Å²) in [5.74, 6) is 0.627. The Bertz CT molecular complexity index is 201. The minimum absolute atomic E-state index is 0.0338. The van der Waals surface area contributed by atoms with Crippen molar-refractivity contribution in [2.45, 2.75) is 45.3 Å². The number of nitrogens with one attached hydrogen (secondary N) is 1. The fraction of sp³-hybridized carbons (Fsp3) is 0.909. The Balaban J connectivity index is 2.03. The monoisotopic (exact) mass is 214 g/mol. The lowest BCUT2D eigenvalue weighted by Gasteiger charge is -2.34. The lowest BCUT2D eigenvalue weighted by molar-refractivity contribution is -0.124. The summed E-state index contributed by atoms with van der Waals surface area (Å²) >= 11 is 0. The van der Waals surface area contributed by atoms with Crippen molar-refractivity contribution in [3.05, 3.63) is 0 Å². The second kappa shape index (κ2) is 6.08. The summed E-state index contributed by atoms with van der Waals surface area (Å²) in [5.41, 5.74) is 5.54. The highest BCUT2D eigenvalue weighted by atomic mass is 16.5. The van der Waals surface area contributed by atoms with E-state index in [0.29, 0.717) is 25.0 Å². The fourth-order valence-corrected chi connectivity index (χ4v) is 1.82. The first-order valence-electron chi connectivity index (χ1n) is 5.75. The molecule has 0 bridgehead atoms. The van der Waals surface area contributed by atoms with Crippen LogP contribution in [0.15, 0.2) is 0 Å². The number of nitrogens with two attached hydrogens (primary N) is 1. The molecule has 4 nitrogen and oxygen atoms in total. The first-order chi connectivity index (χ1) is 7.11. The average Bonchev–Trinajstić information content (AvgIpc) is 2.11. The normalized spacial score (nSPS) is 26.9. The third kappa shape index (κ3) is 4.62. The van der Waals surface area contributed by atoms with Crippen LogP contribution in [0.1, 0.15) is 33.1 Å². The van der Waals surface area contributed by atoms with Gasteiger partial charge in [-0.25, -0.2) is 0 Å². The third-order valence-electron chi connectivity index (χ3n) is 2.69. The molecule has 1 aliphatic carbocycles. The minimum atomic E-state index is 0.0338. The van der Waals surface area contributed by atoms with Gasteiger partial charge in [-0.1, -0.05) is 0 Å². The van der Waals surface area contributed by atoms with Crippen LogP contribution < -0.4 is 11.1 Å². The first-order valence-corrected chi connectivity index (χ1v) is 5.75. The summed E-state index contributed by atoms with van der Waals surface area (Å²) in [7, 11) is 0. The van der Waals surface area contributed by atoms with E-state index in [0.717, 1.165) is 19.4 Å². The molecule has 1 saturated carbocycles. The highest BCUT2D eigenvalue weighted by Gasteiger charge is 2.30. The maximum Gasteiger partial charge on any atom is 0.220 e. The second-order valence-electron chi connectivity index (χ2n) is 4.40. The van der Waals surface area contributed by atoms with E-state index in [1.165, 1.54) is 0 Å². The van der Waals surface area contributed by atoms with Gasteiger partial charge >= 0.3 is 0 Å². The van der Waals surface area contributed by atoms with Crippen LogP contribution in [0.5, 0.6) is 0 Å². The van der Waals surface area contributed by atoms with E-state index in [4.69, 9.17) is 10.5 Å². The maximum atomic E-state index is 11.4. The second-order valence-corrected chi connectivity index (χ2v) is 4.40. The Hall–Kier alpha value is -0.610. The number of hydrogen-bond acceptors (Lipinski definition) is 3. The molecule has 4 heteroatoms. The highest BCUT2D eigenvalue weighted by Crippen LogP contribution is 2.32. The van der Waals surface area contributed by atoms with Gasteiger partial charge in [-0.15, -0.1) is 0 Å². The molecule has 1 rings (SSSR count). The van der Waals surface area contributed by atoms with Gasteiger partial charge in [0.2, 0.25) is 5.91 Å². The summed E-state index contributed by atoms with van der Waals surface area (Å²) < 4.78 is 5.44. The van der Waals surface area contributed by atoms with Gasteiger partial charge in [0.05, 0.1) is 6.10 Å². The van der Waals surface area contributed by atoms with Gasteiger partial charge in [-0.2, -0.15) is 0 Å². The van der Waals surface area contributed by atoms with Crippen molar-refractivity contribution in [3.63, 3.8) is 0 Å². The molecule has 1 fully saturated rings. The number of hydrogen-bond donors (Lipinski definition) is 2. The van der Waals surface area contributed by atoms with E-state index in [-0.39, 0.29) is 11.9 Å². The van der Waals surface area contributed by atoms with Gasteiger partial charge in [0.15, 0.2) is 0 Å². The van der Waals surface area contributed by atoms with Crippen LogP contribution >= 0.6 is 0 Å². The van der Waals surface area contributed by atoms with Crippen LogP contribution in [0.25, 0.3) is 0 Å². The molecule has 0 heterocycles. The molecule has 1 amide bonds. The molecule has 0 spiro atoms. The molecular formula is C11H22N2O2. The molecule has 0 radical (unpaired) electrons. The molecule has 15 heavy (non-hydrogen) atoms. The van der Waals surface area contributed by atoms with E-state index in [1.807, 2.05) is 13.8 Å². The molecule has 0 aromatic carbocycles. The molecule has 0 aromatic heterocycles. The topological polar surface area (TPSA) is 64.3 Å². The van der Waals surface area contributed by atoms with Gasteiger partial charge in [-0.3, -0.25) is 4.79 Å². The Kier molecular flexibility index (Phi) is 5.05. The summed E-state index contributed by atoms with van der Waals surface area (Å²) in [6.45, 7) is 5.23. The van der Waals surface area contributed by atoms with Crippen molar-refractivity contribution in [2.75, 3.05) is 13.2 Å². The Labute approximate surface area is 91.5 Å². The predicted molar refractivity (Wildman–Crippen MR) is 59.4 cm³/mol. The van der Waals surface area contributed by atoms with Gasteiger partial charge in [-0.05, 0) is 32.6 Å². The van der Waals surface area contributed by atoms with Crippen molar-refractivity contribution in [1.29, 1.82) is 0 Å². The zero-order valence-corrected chi connectivity index (χ0v) is 9.66. The average molecular weight is 214 g/mol. The molecule has 3 N–H and O–H groups in total. The van der Waals surface area contributed by atoms with Crippen LogP contribution in [0, 0.1) is 5.92 Å². The fourth-order valence-electron chi connectivity index (χ4n) is 1.82. The third-order valence-corrected chi connectivity index (χ3v) is 2.69. The summed E-state index contributed by atoms with van der Waals surface area (Å²) in [6, 6.07) is 0.0338. The van der Waals surface area contributed by atoms with E-state index in [9.17, 15) is 4.79 Å². The van der Waals surface area contributed by atoms with E-state index in [1.54, 1.807) is 0 Å². The molecule has 1 atom stereocenters. The number of rotatable bonds is 6. The minimum Gasteiger partial charge on any atom is -0.378 e. The predicted octanol–water partition coefficient (Wildman–Crippen LogP) is 0.655. The SMILES string of the molecule is CCOC1CC(CC(=O)NCC(C)N)C1. The molecule has 88 valence electrons. The van der Waals surface area contributed by atoms with Gasteiger partial charge in [0.25, 0.3) is 0 Å². The van der Waals surface area contributed by atoms with Crippen molar-refractivity contribution < 1.29 is 9.53 Å². The quantitative estimate of drug-likeness (QED) is 0.682. The number of amides is 1. The van der Waals surface area contributed by atoms with Crippen LogP contribution in [0.4, 0.5) is 0 Å². The van der Waals surface area contributed by atoms with Crippen LogP contribution in [0.2, 0.25) is 0 Å². The summed E-state index contributed by atoms with van der Waals surface area (Å²) in [6.07, 6.45) is 3.07. The molecular weight excluding hydrogens is 192 g/mol. The lowest BCUT2D eigenvalue weighted by atomic mass is 9.80. The highest BCUT2D eigenvalue weighted by molar-refractivity contribution is 5.76. The number of carbonyl (C=O) groups excluding carboxylic acids is 1. The number of ether oxygens (including phenoxy) is 1. The van der Waals surface area contributed by atoms with E-state index >= 15 is 0 Å². The van der Waals surface area contributed by atoms with Crippen molar-refractivity contribution in [2.24, 2.45) is 11.7 Å². The van der Waals surface area contributed by atoms with Crippen LogP contribution in [-0.2, 0) is 9.53 Å². The van der Waals surface area contributed by atoms with Gasteiger partial charge < -0.3 is 15.8 Å². The Morgan fingerprint density at radius 3 is 2.80 bits per heavy atom. The van der Waals surface area contributed by atoms with Crippen molar-refractivity contribution in [3.8, 4) is 0 Å². The van der Waals surface area contributed by atoms with Crippen LogP contribution in [0.3, 0.4) is 0 Å². The Morgan fingerprint density at radius 1 is 1.60 bits per heavy atom. The van der Waals surface area contributed by atoms with E-state index in [2.05, 4.69) is 5.32 Å². The van der Waals surface area contributed by atoms with Crippen molar-refractivity contribution >= 4 is 5.91 Å². The van der Waals surface area contributed by atoms with Gasteiger partial charge in [0.1, 0.15) is 0 Å². The molecule has 0 aromatic rings. The first kappa shape index (κ1) is 12.5. The van der Waals surface area contributed by atoms with Crippen LogP contribution in [-0.4, -0.2) is 31.2 Å². The Morgan fingerprint density at radius 2 is 2.27 bits per heavy atom. The van der Waals surface area contributed by atoms with Gasteiger partial charge in [0, 0.05) is 25.6 Å². The zero-order chi connectivity index (χ0) is 11.3. The standard InChI is InChI=1S/C11H22N2O2/c1-3-15-10-4-9(5-10)6-11(14)13-7-8(2)12/h8-10H,3-7,12H2,1-2H3,(H,13,14). The van der Waals surface area contributed by atoms with Crippen molar-refractivity contribution in [1.82, 2.24) is 5.32 Å². The number of carbonyl (C=O) groups is 1. The largest absolute Gasteiger partial charge is 0.378 e. The molecule has 1 aliphatic rings. The molecule has 0 aliphatic heterocycles. The smallest absolute Gasteiger partial charge is 0.220 e. The molecule has 0 saturated heterocycles. The summed E-state index contributed by atoms with van der Waals surface area (Å²) in [5, 5.41) is 2.82. The zero-order valence-electron chi connectivity index (χ0n) is 9.66. The van der Waals surface area contributed by atoms with E-state index < -0.39 is 0 Å².